The summed E-state index contributed by atoms with van der Waals surface area (Å²) in [5, 5.41) is 10.8. The van der Waals surface area contributed by atoms with Gasteiger partial charge < -0.3 is 14.8 Å². The minimum atomic E-state index is -1.23. The number of nitrogens with one attached hydrogen (secondary N) is 2. The predicted octanol–water partition coefficient (Wildman–Crippen LogP) is 1.64. The second kappa shape index (κ2) is 9.56. The largest absolute Gasteiger partial charge is 0.480 e. The number of hydrogen-bond acceptors (Lipinski definition) is 11. The van der Waals surface area contributed by atoms with Crippen LogP contribution in [0.3, 0.4) is 0 Å². The van der Waals surface area contributed by atoms with Gasteiger partial charge in [0, 0.05) is 16.0 Å². The molecule has 8 atom stereocenters. The highest BCUT2D eigenvalue weighted by atomic mass is 32.2. The summed E-state index contributed by atoms with van der Waals surface area (Å²) < 4.78 is 5.40. The van der Waals surface area contributed by atoms with E-state index in [1.54, 1.807) is 24.3 Å². The van der Waals surface area contributed by atoms with Crippen molar-refractivity contribution in [1.82, 2.24) is 15.2 Å². The first kappa shape index (κ1) is 26.5. The molecular weight excluding hydrogens is 594 g/mol. The number of esters is 1. The average Bonchev–Trinajstić information content (AvgIpc) is 3.69. The van der Waals surface area contributed by atoms with Crippen molar-refractivity contribution in [3.05, 3.63) is 44.4 Å². The van der Waals surface area contributed by atoms with Gasteiger partial charge in [0.15, 0.2) is 0 Å². The molecule has 0 unspecified atom stereocenters. The fourth-order valence-corrected chi connectivity index (χ4v) is 11.0. The maximum atomic E-state index is 13.3. The molecule has 2 saturated heterocycles. The Balaban J connectivity index is 1.16. The predicted molar refractivity (Wildman–Crippen MR) is 144 cm³/mol. The van der Waals surface area contributed by atoms with E-state index in [9.17, 15) is 38.7 Å². The quantitative estimate of drug-likeness (QED) is 0.244. The van der Waals surface area contributed by atoms with E-state index >= 15 is 0 Å². The number of aromatic nitrogens is 1. The third-order valence-corrected chi connectivity index (χ3v) is 12.3. The monoisotopic (exact) mass is 615 g/mol. The SMILES string of the molecule is O=C(O)CN1C(=O)[C@@H]2[C@H]3C[C@@H]([C@@H]4Sc5[nH]c(=O)sc5[C@@H](c5ccc(OC(=O)C[C@H]6SC(=O)NC6=O)cc5)[C@@H]34)[C@H]2C1=O. The fourth-order valence-electron chi connectivity index (χ4n) is 7.34. The van der Waals surface area contributed by atoms with Crippen LogP contribution < -0.4 is 14.9 Å². The van der Waals surface area contributed by atoms with Gasteiger partial charge >= 0.3 is 16.8 Å². The molecule has 0 radical (unpaired) electrons. The summed E-state index contributed by atoms with van der Waals surface area (Å²) in [6, 6.07) is 6.86. The molecule has 15 heteroatoms. The smallest absolute Gasteiger partial charge is 0.323 e. The lowest BCUT2D eigenvalue weighted by Crippen LogP contribution is -2.42. The summed E-state index contributed by atoms with van der Waals surface area (Å²) in [6.45, 7) is -0.642. The molecular formula is C26H21N3O9S3. The number of hydrogen-bond donors (Lipinski definition) is 3. The maximum Gasteiger partial charge on any atom is 0.323 e. The second-order valence-electron chi connectivity index (χ2n) is 10.7. The Labute approximate surface area is 243 Å². The fraction of sp³-hybridized carbons (Fsp3) is 0.423. The van der Waals surface area contributed by atoms with E-state index in [1.807, 2.05) is 0 Å². The Morgan fingerprint density at radius 2 is 1.71 bits per heavy atom. The Morgan fingerprint density at radius 1 is 1.00 bits per heavy atom. The van der Waals surface area contributed by atoms with Crippen LogP contribution in [-0.2, 0) is 24.0 Å². The molecule has 1 aromatic carbocycles. The molecule has 4 fully saturated rings. The number of carbonyl (C=O) groups is 6. The number of fused-ring (bicyclic) bond motifs is 9. The maximum absolute atomic E-state index is 13.3. The lowest BCUT2D eigenvalue weighted by atomic mass is 9.68. The van der Waals surface area contributed by atoms with Crippen molar-refractivity contribution in [3.8, 4) is 5.75 Å². The van der Waals surface area contributed by atoms with Gasteiger partial charge in [0.2, 0.25) is 17.7 Å². The van der Waals surface area contributed by atoms with Crippen LogP contribution >= 0.6 is 34.9 Å². The van der Waals surface area contributed by atoms with Gasteiger partial charge in [0.05, 0.1) is 23.3 Å². The van der Waals surface area contributed by atoms with E-state index < -0.39 is 58.5 Å². The number of thiazole rings is 1. The number of carboxylic acid groups (broad SMARTS) is 1. The molecule has 41 heavy (non-hydrogen) atoms. The number of amides is 4. The van der Waals surface area contributed by atoms with Crippen molar-refractivity contribution in [2.45, 2.75) is 34.3 Å². The van der Waals surface area contributed by atoms with Crippen LogP contribution in [0.15, 0.2) is 34.1 Å². The van der Waals surface area contributed by atoms with E-state index in [0.717, 1.165) is 43.5 Å². The number of H-pyrrole nitrogens is 1. The third-order valence-electron chi connectivity index (χ3n) is 8.70. The molecule has 12 nitrogen and oxygen atoms in total. The van der Waals surface area contributed by atoms with Gasteiger partial charge in [-0.25, -0.2) is 0 Å². The van der Waals surface area contributed by atoms with Crippen molar-refractivity contribution in [2.24, 2.45) is 29.6 Å². The van der Waals surface area contributed by atoms with E-state index in [4.69, 9.17) is 4.74 Å². The molecule has 1 aromatic heterocycles. The number of thioether (sulfide) groups is 2. The number of benzene rings is 1. The van der Waals surface area contributed by atoms with Gasteiger partial charge in [-0.3, -0.25) is 43.8 Å². The lowest BCUT2D eigenvalue weighted by molar-refractivity contribution is -0.149. The van der Waals surface area contributed by atoms with Crippen molar-refractivity contribution in [1.29, 1.82) is 0 Å². The molecule has 2 aliphatic carbocycles. The Kier molecular flexibility index (Phi) is 6.17. The van der Waals surface area contributed by atoms with Crippen LogP contribution in [0.5, 0.6) is 5.75 Å². The highest BCUT2D eigenvalue weighted by Gasteiger charge is 2.69. The van der Waals surface area contributed by atoms with E-state index in [-0.39, 0.29) is 46.0 Å². The molecule has 2 aromatic rings. The highest BCUT2D eigenvalue weighted by molar-refractivity contribution is 8.15. The Hall–Kier alpha value is -3.43. The number of imide groups is 2. The van der Waals surface area contributed by atoms with Gasteiger partial charge in [-0.05, 0) is 41.9 Å². The summed E-state index contributed by atoms with van der Waals surface area (Å²) in [4.78, 5) is 90.2. The summed E-state index contributed by atoms with van der Waals surface area (Å²) in [7, 11) is 0. The van der Waals surface area contributed by atoms with Crippen LogP contribution in [-0.4, -0.2) is 66.9 Å². The van der Waals surface area contributed by atoms with Gasteiger partial charge in [-0.1, -0.05) is 35.2 Å². The van der Waals surface area contributed by atoms with E-state index in [0.29, 0.717) is 6.42 Å². The first-order chi connectivity index (χ1) is 19.6. The summed E-state index contributed by atoms with van der Waals surface area (Å²) >= 11 is 3.39. The molecule has 4 amide bonds. The van der Waals surface area contributed by atoms with E-state index in [2.05, 4.69) is 10.3 Å². The van der Waals surface area contributed by atoms with Crippen LogP contribution in [0.25, 0.3) is 0 Å². The summed E-state index contributed by atoms with van der Waals surface area (Å²) in [5.74, 6) is -4.71. The van der Waals surface area contributed by atoms with Crippen molar-refractivity contribution < 1.29 is 38.6 Å². The van der Waals surface area contributed by atoms with Crippen LogP contribution in [0.1, 0.15) is 29.2 Å². The van der Waals surface area contributed by atoms with Crippen LogP contribution in [0, 0.1) is 29.6 Å². The van der Waals surface area contributed by atoms with Gasteiger partial charge in [-0.15, -0.1) is 11.8 Å². The van der Waals surface area contributed by atoms with Gasteiger partial charge in [0.25, 0.3) is 5.24 Å². The third kappa shape index (κ3) is 4.15. The average molecular weight is 616 g/mol. The first-order valence-corrected chi connectivity index (χ1v) is 15.5. The zero-order valence-corrected chi connectivity index (χ0v) is 23.4. The topological polar surface area (TPSA) is 180 Å². The zero-order valence-electron chi connectivity index (χ0n) is 20.9. The number of likely N-dealkylation sites (tertiary alicyclic amines) is 1. The second-order valence-corrected chi connectivity index (χ2v) is 14.1. The molecule has 3 aliphatic heterocycles. The standard InChI is InChI=1S/C26H21N3O9S3/c30-13(31)7-29-23(34)17-10-5-11(18(17)24(29)35)19-16(10)15(20-22(40-19)28-26(37)41-20)8-1-3-9(4-2-8)38-14(32)6-12-21(33)27-25(36)39-12/h1-4,10-12,15-19H,5-7H2,(H,28,37)(H,30,31)(H,27,33,36)/t10-,11+,12+,15-,16+,17+,18+,19-/m0/s1. The minimum Gasteiger partial charge on any atom is -0.480 e. The molecule has 7 rings (SSSR count). The van der Waals surface area contributed by atoms with Crippen molar-refractivity contribution in [3.63, 3.8) is 0 Å². The van der Waals surface area contributed by atoms with E-state index in [1.165, 1.54) is 11.8 Å². The zero-order chi connectivity index (χ0) is 28.7. The molecule has 212 valence electrons. The number of rotatable bonds is 6. The Morgan fingerprint density at radius 3 is 2.37 bits per heavy atom. The minimum absolute atomic E-state index is 0.0409. The van der Waals surface area contributed by atoms with Crippen LogP contribution in [0.2, 0.25) is 0 Å². The van der Waals surface area contributed by atoms with Crippen molar-refractivity contribution in [2.75, 3.05) is 6.54 Å². The lowest BCUT2D eigenvalue weighted by Gasteiger charge is -2.43. The molecule has 0 spiro atoms. The first-order valence-electron chi connectivity index (χ1n) is 12.9. The molecule has 4 heterocycles. The summed E-state index contributed by atoms with van der Waals surface area (Å²) in [6.07, 6.45) is 0.419. The van der Waals surface area contributed by atoms with Crippen molar-refractivity contribution >= 4 is 69.8 Å². The number of carbonyl (C=O) groups excluding carboxylic acids is 5. The van der Waals surface area contributed by atoms with Gasteiger partial charge in [0.1, 0.15) is 17.5 Å². The normalized spacial score (nSPS) is 33.0. The number of nitrogens with zero attached hydrogens (tertiary/aromatic N) is 1. The number of aliphatic carboxylic acids is 1. The summed E-state index contributed by atoms with van der Waals surface area (Å²) in [5.41, 5.74) is 0.858. The van der Waals surface area contributed by atoms with Gasteiger partial charge in [-0.2, -0.15) is 0 Å². The molecule has 2 bridgehead atoms. The molecule has 5 aliphatic rings. The number of aromatic amines is 1. The molecule has 2 saturated carbocycles. The number of carboxylic acids is 1. The Bertz CT molecular complexity index is 1600. The highest BCUT2D eigenvalue weighted by Crippen LogP contribution is 2.68. The van der Waals surface area contributed by atoms with Crippen LogP contribution in [0.4, 0.5) is 4.79 Å². The number of ether oxygens (including phenoxy) is 1. The molecule has 3 N–H and O–H groups in total.